The third-order valence-electron chi connectivity index (χ3n) is 8.66. The lowest BCUT2D eigenvalue weighted by Gasteiger charge is -2.24. The van der Waals surface area contributed by atoms with Crippen molar-refractivity contribution in [3.63, 3.8) is 0 Å². The molecule has 0 saturated carbocycles. The van der Waals surface area contributed by atoms with Gasteiger partial charge < -0.3 is 15.0 Å². The summed E-state index contributed by atoms with van der Waals surface area (Å²) >= 11 is 0. The van der Waals surface area contributed by atoms with Crippen LogP contribution in [-0.4, -0.2) is 65.4 Å². The zero-order valence-corrected chi connectivity index (χ0v) is 36.5. The first kappa shape index (κ1) is 47.4. The average molecular weight is 891 g/mol. The number of amides is 1. The van der Waals surface area contributed by atoms with E-state index in [1.54, 1.807) is 82.4 Å². The number of nitrogens with zero attached hydrogens (tertiary/aromatic N) is 9. The number of hydrogen-bond donors (Lipinski definition) is 1. The number of aromatic nitrogens is 4. The third kappa shape index (κ3) is 10.3. The Morgan fingerprint density at radius 2 is 1.15 bits per heavy atom. The number of ether oxygens (including phenoxy) is 1. The number of hydrogen-bond acceptors (Lipinski definition) is 13. The lowest BCUT2D eigenvalue weighted by atomic mass is 10.1. The van der Waals surface area contributed by atoms with E-state index >= 15 is 0 Å². The number of carbonyl (C=O) groups is 1. The predicted octanol–water partition coefficient (Wildman–Crippen LogP) is 6.57. The Hall–Kier alpha value is -7.32. The van der Waals surface area contributed by atoms with Crippen molar-refractivity contribution in [2.45, 2.75) is 49.3 Å². The largest absolute Gasteiger partial charge is 0.444 e. The van der Waals surface area contributed by atoms with Crippen LogP contribution in [0.1, 0.15) is 54.4 Å². The number of carbonyl (C=O) groups excluding carboxylic acids is 1. The standard InChI is InChI=1S/C24H23N5O4S.C19H15N5O2S.ClH/c1-24(2,3)33-23(30)28(4)15-17-12-21(19-9-7-11-27-20(19)14-26)29(16-17)34(31,32)22-10-6-5-8-18(22)13-25;1-22-12-14-9-18(16-6-4-8-23-17(16)11-21)24(13-14)27(25,26)19-7-3-2-5-15(19)10-20;/h5-12,16H,15H2,1-4H3;2-9,13,22H,12H2,1H3;1H. The highest BCUT2D eigenvalue weighted by Gasteiger charge is 2.28. The van der Waals surface area contributed by atoms with Crippen molar-refractivity contribution in [1.29, 1.82) is 21.0 Å². The van der Waals surface area contributed by atoms with Crippen LogP contribution in [0.4, 0.5) is 4.79 Å². The molecule has 0 fully saturated rings. The number of halogens is 1. The van der Waals surface area contributed by atoms with Gasteiger partial charge in [-0.25, -0.2) is 39.5 Å². The van der Waals surface area contributed by atoms with Crippen LogP contribution in [0.2, 0.25) is 0 Å². The van der Waals surface area contributed by atoms with E-state index < -0.39 is 31.7 Å². The fourth-order valence-electron chi connectivity index (χ4n) is 6.03. The van der Waals surface area contributed by atoms with Gasteiger partial charge in [-0.1, -0.05) is 24.3 Å². The van der Waals surface area contributed by atoms with Crippen molar-refractivity contribution in [3.05, 3.63) is 143 Å². The van der Waals surface area contributed by atoms with Gasteiger partial charge in [0.2, 0.25) is 0 Å². The van der Waals surface area contributed by atoms with Crippen LogP contribution < -0.4 is 5.32 Å². The van der Waals surface area contributed by atoms with Crippen molar-refractivity contribution in [3.8, 4) is 46.8 Å². The minimum absolute atomic E-state index is 0. The molecule has 0 bridgehead atoms. The van der Waals surface area contributed by atoms with Gasteiger partial charge in [-0.05, 0) is 99.6 Å². The van der Waals surface area contributed by atoms with Crippen LogP contribution in [0, 0.1) is 45.3 Å². The first-order valence-electron chi connectivity index (χ1n) is 18.2. The highest BCUT2D eigenvalue weighted by atomic mass is 35.5. The number of benzene rings is 2. The minimum Gasteiger partial charge on any atom is -0.444 e. The first-order chi connectivity index (χ1) is 29.0. The molecule has 62 heavy (non-hydrogen) atoms. The van der Waals surface area contributed by atoms with Gasteiger partial charge in [0.15, 0.2) is 0 Å². The number of nitriles is 4. The van der Waals surface area contributed by atoms with Gasteiger partial charge in [0.25, 0.3) is 20.0 Å². The molecule has 0 aliphatic rings. The van der Waals surface area contributed by atoms with E-state index in [1.807, 2.05) is 24.3 Å². The lowest BCUT2D eigenvalue weighted by molar-refractivity contribution is 0.0285. The Morgan fingerprint density at radius 3 is 1.56 bits per heavy atom. The van der Waals surface area contributed by atoms with Gasteiger partial charge >= 0.3 is 6.09 Å². The molecule has 0 saturated heterocycles. The second-order valence-electron chi connectivity index (χ2n) is 14.2. The summed E-state index contributed by atoms with van der Waals surface area (Å²) in [5.41, 5.74) is 1.92. The molecule has 2 aromatic carbocycles. The van der Waals surface area contributed by atoms with Gasteiger partial charge in [0, 0.05) is 49.5 Å². The molecule has 316 valence electrons. The van der Waals surface area contributed by atoms with Crippen LogP contribution in [0.25, 0.3) is 22.5 Å². The molecule has 19 heteroatoms. The Bertz CT molecular complexity index is 3020. The molecule has 1 amide bonds. The summed E-state index contributed by atoms with van der Waals surface area (Å²) < 4.78 is 61.4. The summed E-state index contributed by atoms with van der Waals surface area (Å²) in [5.74, 6) is 0. The molecule has 1 N–H and O–H groups in total. The summed E-state index contributed by atoms with van der Waals surface area (Å²) in [4.78, 5) is 21.5. The van der Waals surface area contributed by atoms with Crippen molar-refractivity contribution >= 4 is 38.5 Å². The summed E-state index contributed by atoms with van der Waals surface area (Å²) in [5, 5.41) is 40.6. The lowest BCUT2D eigenvalue weighted by Crippen LogP contribution is -2.33. The van der Waals surface area contributed by atoms with Crippen molar-refractivity contribution in [2.24, 2.45) is 0 Å². The molecule has 0 atom stereocenters. The summed E-state index contributed by atoms with van der Waals surface area (Å²) in [6.07, 6.45) is 5.20. The zero-order chi connectivity index (χ0) is 44.5. The highest BCUT2D eigenvalue weighted by Crippen LogP contribution is 2.32. The number of nitrogens with one attached hydrogen (secondary N) is 1. The Morgan fingerprint density at radius 1 is 0.710 bits per heavy atom. The van der Waals surface area contributed by atoms with E-state index in [0.717, 1.165) is 13.5 Å². The second kappa shape index (κ2) is 19.8. The molecule has 0 spiro atoms. The van der Waals surface area contributed by atoms with Crippen molar-refractivity contribution < 1.29 is 26.4 Å². The Kier molecular flexibility index (Phi) is 15.1. The van der Waals surface area contributed by atoms with Crippen LogP contribution in [0.5, 0.6) is 0 Å². The predicted molar refractivity (Wildman–Crippen MR) is 230 cm³/mol. The first-order valence-corrected chi connectivity index (χ1v) is 21.1. The third-order valence-corrected chi connectivity index (χ3v) is 12.1. The van der Waals surface area contributed by atoms with Gasteiger partial charge in [-0.15, -0.1) is 12.4 Å². The van der Waals surface area contributed by atoms with Gasteiger partial charge in [0.05, 0.1) is 29.1 Å². The normalized spacial score (nSPS) is 11.0. The minimum atomic E-state index is -4.23. The van der Waals surface area contributed by atoms with Crippen LogP contribution in [0.3, 0.4) is 0 Å². The smallest absolute Gasteiger partial charge is 0.410 e. The Labute approximate surface area is 366 Å². The van der Waals surface area contributed by atoms with Gasteiger partial charge in [-0.3, -0.25) is 0 Å². The molecule has 6 rings (SSSR count). The topological polar surface area (TPSA) is 241 Å². The van der Waals surface area contributed by atoms with Crippen LogP contribution in [-0.2, 0) is 37.9 Å². The molecule has 4 heterocycles. The van der Waals surface area contributed by atoms with E-state index in [-0.39, 0.29) is 57.0 Å². The van der Waals surface area contributed by atoms with E-state index in [1.165, 1.54) is 67.1 Å². The summed E-state index contributed by atoms with van der Waals surface area (Å²) in [7, 11) is -4.99. The maximum Gasteiger partial charge on any atom is 0.410 e. The van der Waals surface area contributed by atoms with Crippen molar-refractivity contribution in [2.75, 3.05) is 14.1 Å². The van der Waals surface area contributed by atoms with Gasteiger partial charge in [0.1, 0.15) is 51.1 Å². The summed E-state index contributed by atoms with van der Waals surface area (Å²) in [6, 6.07) is 29.4. The molecule has 0 radical (unpaired) electrons. The maximum atomic E-state index is 13.6. The van der Waals surface area contributed by atoms with Gasteiger partial charge in [-0.2, -0.15) is 21.0 Å². The quantitative estimate of drug-likeness (QED) is 0.153. The maximum absolute atomic E-state index is 13.6. The molecule has 16 nitrogen and oxygen atoms in total. The molecular weight excluding hydrogens is 852 g/mol. The monoisotopic (exact) mass is 890 g/mol. The molecule has 0 unspecified atom stereocenters. The van der Waals surface area contributed by atoms with Crippen LogP contribution >= 0.6 is 12.4 Å². The van der Waals surface area contributed by atoms with E-state index in [9.17, 15) is 42.7 Å². The molecule has 0 aliphatic heterocycles. The van der Waals surface area contributed by atoms with Crippen LogP contribution in [0.15, 0.2) is 120 Å². The zero-order valence-electron chi connectivity index (χ0n) is 34.0. The fourth-order valence-corrected chi connectivity index (χ4v) is 9.11. The number of rotatable bonds is 10. The van der Waals surface area contributed by atoms with Crippen molar-refractivity contribution in [1.82, 2.24) is 28.1 Å². The second-order valence-corrected chi connectivity index (χ2v) is 17.7. The fraction of sp³-hybridized carbons (Fsp3) is 0.186. The molecular formula is C43H39ClN10O6S2. The molecule has 4 aromatic heterocycles. The van der Waals surface area contributed by atoms with E-state index in [0.29, 0.717) is 28.9 Å². The van der Waals surface area contributed by atoms with E-state index in [2.05, 4.69) is 15.3 Å². The number of pyridine rings is 2. The summed E-state index contributed by atoms with van der Waals surface area (Å²) in [6.45, 7) is 5.74. The highest BCUT2D eigenvalue weighted by molar-refractivity contribution is 7.90. The molecule has 6 aromatic rings. The average Bonchev–Trinajstić information content (AvgIpc) is 3.89. The Balaban J connectivity index is 0.000000275. The molecule has 0 aliphatic carbocycles. The SMILES string of the molecule is CN(Cc1cc(-c2cccnc2C#N)n(S(=O)(=O)c2ccccc2C#N)c1)C(=O)OC(C)(C)C.CNCc1cc(-c2cccnc2C#N)n(S(=O)(=O)c2ccccc2C#N)c1.Cl. The van der Waals surface area contributed by atoms with E-state index in [4.69, 9.17) is 4.74 Å².